The number of hydrogen-bond donors (Lipinski definition) is 3. The molecule has 76 valence electrons. The molecule has 13 heavy (non-hydrogen) atoms. The Bertz CT molecular complexity index is 164. The van der Waals surface area contributed by atoms with Crippen molar-refractivity contribution in [2.45, 2.75) is 18.9 Å². The van der Waals surface area contributed by atoms with E-state index in [1.54, 1.807) is 21.1 Å². The summed E-state index contributed by atoms with van der Waals surface area (Å²) < 4.78 is 0. The second kappa shape index (κ2) is 6.42. The Balaban J connectivity index is 3.89. The lowest BCUT2D eigenvalue weighted by Crippen LogP contribution is -2.36. The van der Waals surface area contributed by atoms with Crippen molar-refractivity contribution < 1.29 is 9.59 Å². The van der Waals surface area contributed by atoms with Crippen LogP contribution in [0.2, 0.25) is 0 Å². The summed E-state index contributed by atoms with van der Waals surface area (Å²) in [7, 11) is 4.89. The maximum Gasteiger partial charge on any atom is 0.221 e. The maximum absolute atomic E-state index is 11.0. The van der Waals surface area contributed by atoms with Gasteiger partial charge in [-0.15, -0.1) is 0 Å². The lowest BCUT2D eigenvalue weighted by Gasteiger charge is -2.13. The quantitative estimate of drug-likeness (QED) is 0.509. The van der Waals surface area contributed by atoms with Crippen molar-refractivity contribution in [3.8, 4) is 0 Å². The van der Waals surface area contributed by atoms with E-state index in [1.807, 2.05) is 0 Å². The second-order valence-electron chi connectivity index (χ2n) is 2.74. The van der Waals surface area contributed by atoms with Crippen LogP contribution in [0.5, 0.6) is 0 Å². The average molecular weight is 187 g/mol. The number of carbonyl (C=O) groups excluding carboxylic acids is 2. The van der Waals surface area contributed by atoms with Crippen LogP contribution in [0.15, 0.2) is 0 Å². The van der Waals surface area contributed by atoms with Crippen LogP contribution in [0.25, 0.3) is 0 Å². The number of hydrogen-bond acceptors (Lipinski definition) is 3. The Morgan fingerprint density at radius 2 is 1.38 bits per heavy atom. The van der Waals surface area contributed by atoms with Gasteiger partial charge in [0.05, 0.1) is 0 Å². The van der Waals surface area contributed by atoms with E-state index in [0.29, 0.717) is 12.8 Å². The third-order valence-corrected chi connectivity index (χ3v) is 1.83. The van der Waals surface area contributed by atoms with Crippen molar-refractivity contribution in [1.82, 2.24) is 16.0 Å². The van der Waals surface area contributed by atoms with Gasteiger partial charge in [0.1, 0.15) is 0 Å². The van der Waals surface area contributed by atoms with E-state index in [-0.39, 0.29) is 17.9 Å². The van der Waals surface area contributed by atoms with Crippen molar-refractivity contribution >= 4 is 11.8 Å². The summed E-state index contributed by atoms with van der Waals surface area (Å²) in [6.07, 6.45) is 0.640. The SMILES string of the molecule is CNC(=O)CC(CC(=O)NC)NC. The number of rotatable bonds is 5. The molecule has 0 bridgehead atoms. The summed E-state index contributed by atoms with van der Waals surface area (Å²) in [5.74, 6) is -0.133. The highest BCUT2D eigenvalue weighted by atomic mass is 16.2. The number of nitrogens with one attached hydrogen (secondary N) is 3. The molecule has 0 fully saturated rings. The molecule has 0 aliphatic heterocycles. The molecule has 0 aliphatic rings. The van der Waals surface area contributed by atoms with E-state index in [9.17, 15) is 9.59 Å². The summed E-state index contributed by atoms with van der Waals surface area (Å²) in [5, 5.41) is 7.93. The molecule has 0 saturated heterocycles. The largest absolute Gasteiger partial charge is 0.359 e. The van der Waals surface area contributed by atoms with E-state index in [4.69, 9.17) is 0 Å². The normalized spacial score (nSPS) is 9.85. The molecular weight excluding hydrogens is 170 g/mol. The molecule has 0 atom stereocenters. The average Bonchev–Trinajstić information content (AvgIpc) is 2.16. The van der Waals surface area contributed by atoms with Gasteiger partial charge in [-0.2, -0.15) is 0 Å². The molecule has 5 heteroatoms. The minimum atomic E-state index is -0.0973. The van der Waals surface area contributed by atoms with Gasteiger partial charge in [0.15, 0.2) is 0 Å². The fourth-order valence-corrected chi connectivity index (χ4v) is 0.928. The highest BCUT2D eigenvalue weighted by Gasteiger charge is 2.13. The molecule has 0 rings (SSSR count). The van der Waals surface area contributed by atoms with Gasteiger partial charge in [0.2, 0.25) is 11.8 Å². The molecule has 0 aromatic carbocycles. The topological polar surface area (TPSA) is 70.2 Å². The van der Waals surface area contributed by atoms with Crippen LogP contribution < -0.4 is 16.0 Å². The lowest BCUT2D eigenvalue weighted by molar-refractivity contribution is -0.122. The van der Waals surface area contributed by atoms with Crippen LogP contribution in [0, 0.1) is 0 Å². The summed E-state index contributed by atoms with van der Waals surface area (Å²) in [4.78, 5) is 21.9. The molecule has 3 N–H and O–H groups in total. The molecule has 0 aliphatic carbocycles. The third-order valence-electron chi connectivity index (χ3n) is 1.83. The molecule has 0 spiro atoms. The number of carbonyl (C=O) groups is 2. The molecule has 0 saturated carbocycles. The lowest BCUT2D eigenvalue weighted by atomic mass is 10.1. The number of amides is 2. The van der Waals surface area contributed by atoms with E-state index in [2.05, 4.69) is 16.0 Å². The van der Waals surface area contributed by atoms with Gasteiger partial charge in [-0.3, -0.25) is 9.59 Å². The van der Waals surface area contributed by atoms with Gasteiger partial charge in [-0.25, -0.2) is 0 Å². The molecule has 0 aromatic heterocycles. The Morgan fingerprint density at radius 1 is 1.00 bits per heavy atom. The molecule has 0 unspecified atom stereocenters. The van der Waals surface area contributed by atoms with Crippen LogP contribution in [-0.2, 0) is 9.59 Å². The van der Waals surface area contributed by atoms with Crippen LogP contribution >= 0.6 is 0 Å². The standard InChI is InChI=1S/C8H17N3O2/c1-9-6(4-7(12)10-2)5-8(13)11-3/h6,9H,4-5H2,1-3H3,(H,10,12)(H,11,13). The van der Waals surface area contributed by atoms with E-state index < -0.39 is 0 Å². The van der Waals surface area contributed by atoms with Crippen molar-refractivity contribution in [1.29, 1.82) is 0 Å². The van der Waals surface area contributed by atoms with Gasteiger partial charge in [-0.1, -0.05) is 0 Å². The van der Waals surface area contributed by atoms with Gasteiger partial charge < -0.3 is 16.0 Å². The molecular formula is C8H17N3O2. The van der Waals surface area contributed by atoms with E-state index >= 15 is 0 Å². The summed E-state index contributed by atoms with van der Waals surface area (Å²) >= 11 is 0. The molecule has 0 heterocycles. The zero-order valence-corrected chi connectivity index (χ0v) is 8.31. The van der Waals surface area contributed by atoms with Crippen LogP contribution in [0.3, 0.4) is 0 Å². The Hall–Kier alpha value is -1.10. The fraction of sp³-hybridized carbons (Fsp3) is 0.750. The molecule has 2 amide bonds. The Labute approximate surface area is 78.3 Å². The van der Waals surface area contributed by atoms with Crippen LogP contribution in [0.1, 0.15) is 12.8 Å². The molecule has 5 nitrogen and oxygen atoms in total. The zero-order valence-electron chi connectivity index (χ0n) is 8.31. The predicted octanol–water partition coefficient (Wildman–Crippen LogP) is -1.15. The first-order valence-corrected chi connectivity index (χ1v) is 4.22. The van der Waals surface area contributed by atoms with Crippen molar-refractivity contribution in [3.05, 3.63) is 0 Å². The summed E-state index contributed by atoms with van der Waals surface area (Å²) in [5.41, 5.74) is 0. The monoisotopic (exact) mass is 187 g/mol. The van der Waals surface area contributed by atoms with Gasteiger partial charge in [-0.05, 0) is 7.05 Å². The maximum atomic E-state index is 11.0. The smallest absolute Gasteiger partial charge is 0.221 e. The Morgan fingerprint density at radius 3 is 1.62 bits per heavy atom. The van der Waals surface area contributed by atoms with E-state index in [1.165, 1.54) is 0 Å². The molecule has 0 radical (unpaired) electrons. The molecule has 0 aromatic rings. The minimum absolute atomic E-state index is 0.0664. The van der Waals surface area contributed by atoms with Crippen LogP contribution in [-0.4, -0.2) is 39.0 Å². The highest BCUT2D eigenvalue weighted by molar-refractivity contribution is 5.79. The first-order chi connectivity index (χ1) is 6.13. The van der Waals surface area contributed by atoms with E-state index in [0.717, 1.165) is 0 Å². The first kappa shape index (κ1) is 11.9. The van der Waals surface area contributed by atoms with Crippen LogP contribution in [0.4, 0.5) is 0 Å². The third kappa shape index (κ3) is 5.19. The van der Waals surface area contributed by atoms with Crippen molar-refractivity contribution in [2.75, 3.05) is 21.1 Å². The van der Waals surface area contributed by atoms with Gasteiger partial charge in [0, 0.05) is 33.0 Å². The van der Waals surface area contributed by atoms with Crippen molar-refractivity contribution in [2.24, 2.45) is 0 Å². The summed E-state index contributed by atoms with van der Waals surface area (Å²) in [6.45, 7) is 0. The van der Waals surface area contributed by atoms with Crippen molar-refractivity contribution in [3.63, 3.8) is 0 Å². The summed E-state index contributed by atoms with van der Waals surface area (Å²) in [6, 6.07) is -0.0973. The highest BCUT2D eigenvalue weighted by Crippen LogP contribution is 1.96. The first-order valence-electron chi connectivity index (χ1n) is 4.22. The predicted molar refractivity (Wildman–Crippen MR) is 50.2 cm³/mol. The zero-order chi connectivity index (χ0) is 10.3. The van der Waals surface area contributed by atoms with Gasteiger partial charge >= 0.3 is 0 Å². The van der Waals surface area contributed by atoms with Gasteiger partial charge in [0.25, 0.3) is 0 Å². The Kier molecular flexibility index (Phi) is 5.88. The second-order valence-corrected chi connectivity index (χ2v) is 2.74. The fourth-order valence-electron chi connectivity index (χ4n) is 0.928. The minimum Gasteiger partial charge on any atom is -0.359 e.